The number of halogens is 2. The number of hydrogen-bond donors (Lipinski definition) is 1. The highest BCUT2D eigenvalue weighted by atomic mass is 79.9. The monoisotopic (exact) mass is 364 g/mol. The second-order valence-electron chi connectivity index (χ2n) is 5.65. The number of aromatic nitrogens is 2. The molecule has 1 saturated heterocycles. The number of anilines is 1. The van der Waals surface area contributed by atoms with Crippen LogP contribution in [0.25, 0.3) is 0 Å². The molecule has 1 aromatic heterocycles. The van der Waals surface area contributed by atoms with Crippen molar-refractivity contribution in [2.45, 2.75) is 25.9 Å². The second-order valence-corrected chi connectivity index (χ2v) is 6.56. The molecule has 2 aromatic rings. The molecule has 2 heterocycles. The maximum Gasteiger partial charge on any atom is 0.129 e. The molecule has 1 aliphatic rings. The van der Waals surface area contributed by atoms with Crippen LogP contribution in [0.5, 0.6) is 0 Å². The molecule has 1 N–H and O–H groups in total. The van der Waals surface area contributed by atoms with Gasteiger partial charge >= 0.3 is 0 Å². The summed E-state index contributed by atoms with van der Waals surface area (Å²) in [6.45, 7) is 4.43. The minimum Gasteiger partial charge on any atom is -0.366 e. The molecule has 4 nitrogen and oxygen atoms in total. The van der Waals surface area contributed by atoms with Crippen LogP contribution in [0, 0.1) is 12.7 Å². The van der Waals surface area contributed by atoms with E-state index in [9.17, 15) is 4.39 Å². The molecule has 1 unspecified atom stereocenters. The Kier molecular flexibility index (Phi) is 4.69. The van der Waals surface area contributed by atoms with Gasteiger partial charge in [0.05, 0.1) is 0 Å². The third-order valence-corrected chi connectivity index (χ3v) is 4.33. The number of rotatable bonds is 4. The Balaban J connectivity index is 1.58. The molecule has 1 atom stereocenters. The SMILES string of the molecule is Cc1cc(NC2CCN(Cc3ccc(Br)cc3F)C2)ncn1. The largest absolute Gasteiger partial charge is 0.366 e. The predicted molar refractivity (Wildman–Crippen MR) is 88.2 cm³/mol. The van der Waals surface area contributed by atoms with Crippen LogP contribution in [-0.2, 0) is 6.54 Å². The third-order valence-electron chi connectivity index (χ3n) is 3.84. The van der Waals surface area contributed by atoms with Crippen molar-refractivity contribution in [2.75, 3.05) is 18.4 Å². The van der Waals surface area contributed by atoms with Gasteiger partial charge in [-0.25, -0.2) is 14.4 Å². The molecule has 1 fully saturated rings. The highest BCUT2D eigenvalue weighted by Crippen LogP contribution is 2.20. The molecule has 1 aliphatic heterocycles. The lowest BCUT2D eigenvalue weighted by atomic mass is 10.2. The molecule has 0 amide bonds. The Morgan fingerprint density at radius 2 is 2.23 bits per heavy atom. The summed E-state index contributed by atoms with van der Waals surface area (Å²) in [6.07, 6.45) is 2.60. The van der Waals surface area contributed by atoms with Crippen LogP contribution in [0.4, 0.5) is 10.2 Å². The summed E-state index contributed by atoms with van der Waals surface area (Å²) in [5.74, 6) is 0.700. The smallest absolute Gasteiger partial charge is 0.129 e. The summed E-state index contributed by atoms with van der Waals surface area (Å²) in [5.41, 5.74) is 1.69. The summed E-state index contributed by atoms with van der Waals surface area (Å²) >= 11 is 3.29. The van der Waals surface area contributed by atoms with Crippen LogP contribution in [0.3, 0.4) is 0 Å². The summed E-state index contributed by atoms with van der Waals surface area (Å²) in [4.78, 5) is 10.6. The fourth-order valence-corrected chi connectivity index (χ4v) is 3.06. The number of nitrogens with one attached hydrogen (secondary N) is 1. The molecule has 22 heavy (non-hydrogen) atoms. The van der Waals surface area contributed by atoms with E-state index < -0.39 is 0 Å². The summed E-state index contributed by atoms with van der Waals surface area (Å²) in [7, 11) is 0. The first-order chi connectivity index (χ1) is 10.6. The van der Waals surface area contributed by atoms with Crippen molar-refractivity contribution in [3.05, 3.63) is 52.1 Å². The Labute approximate surface area is 137 Å². The van der Waals surface area contributed by atoms with Gasteiger partial charge in [-0.05, 0) is 25.5 Å². The zero-order valence-electron chi connectivity index (χ0n) is 12.4. The van der Waals surface area contributed by atoms with Gasteiger partial charge in [0.2, 0.25) is 0 Å². The van der Waals surface area contributed by atoms with E-state index in [1.165, 1.54) is 6.07 Å². The van der Waals surface area contributed by atoms with Crippen LogP contribution in [0.15, 0.2) is 35.1 Å². The van der Waals surface area contributed by atoms with Crippen molar-refractivity contribution >= 4 is 21.7 Å². The van der Waals surface area contributed by atoms with Gasteiger partial charge in [0.25, 0.3) is 0 Å². The Morgan fingerprint density at radius 3 is 3.00 bits per heavy atom. The van der Waals surface area contributed by atoms with E-state index in [1.807, 2.05) is 25.1 Å². The van der Waals surface area contributed by atoms with Crippen molar-refractivity contribution in [3.63, 3.8) is 0 Å². The van der Waals surface area contributed by atoms with Crippen molar-refractivity contribution in [1.29, 1.82) is 0 Å². The third kappa shape index (κ3) is 3.81. The minimum atomic E-state index is -0.155. The lowest BCUT2D eigenvalue weighted by molar-refractivity contribution is 0.323. The van der Waals surface area contributed by atoms with E-state index in [0.717, 1.165) is 41.1 Å². The highest BCUT2D eigenvalue weighted by molar-refractivity contribution is 9.10. The lowest BCUT2D eigenvalue weighted by Gasteiger charge is -2.17. The van der Waals surface area contributed by atoms with Crippen LogP contribution in [0.2, 0.25) is 0 Å². The minimum absolute atomic E-state index is 0.155. The van der Waals surface area contributed by atoms with Crippen LogP contribution >= 0.6 is 15.9 Å². The molecule has 0 aliphatic carbocycles. The molecule has 0 radical (unpaired) electrons. The Bertz CT molecular complexity index is 664. The number of likely N-dealkylation sites (tertiary alicyclic amines) is 1. The fourth-order valence-electron chi connectivity index (χ4n) is 2.73. The van der Waals surface area contributed by atoms with E-state index in [-0.39, 0.29) is 5.82 Å². The number of hydrogen-bond acceptors (Lipinski definition) is 4. The van der Waals surface area contributed by atoms with E-state index in [0.29, 0.717) is 12.6 Å². The molecule has 0 bridgehead atoms. The lowest BCUT2D eigenvalue weighted by Crippen LogP contribution is -2.26. The number of aryl methyl sites for hydroxylation is 1. The highest BCUT2D eigenvalue weighted by Gasteiger charge is 2.23. The molecule has 0 saturated carbocycles. The van der Waals surface area contributed by atoms with Gasteiger partial charge in [-0.15, -0.1) is 0 Å². The van der Waals surface area contributed by atoms with Gasteiger partial charge in [-0.3, -0.25) is 4.90 Å². The normalized spacial score (nSPS) is 18.6. The van der Waals surface area contributed by atoms with Gasteiger partial charge in [0.15, 0.2) is 0 Å². The molecular weight excluding hydrogens is 347 g/mol. The average molecular weight is 365 g/mol. The zero-order chi connectivity index (χ0) is 15.5. The van der Waals surface area contributed by atoms with Gasteiger partial charge in [-0.1, -0.05) is 22.0 Å². The Morgan fingerprint density at radius 1 is 1.36 bits per heavy atom. The van der Waals surface area contributed by atoms with Crippen molar-refractivity contribution in [2.24, 2.45) is 0 Å². The van der Waals surface area contributed by atoms with E-state index in [2.05, 4.69) is 36.1 Å². The fraction of sp³-hybridized carbons (Fsp3) is 0.375. The zero-order valence-corrected chi connectivity index (χ0v) is 14.0. The topological polar surface area (TPSA) is 41.0 Å². The second kappa shape index (κ2) is 6.71. The molecule has 116 valence electrons. The standard InChI is InChI=1S/C16H18BrFN4/c1-11-6-16(20-10-19-11)21-14-4-5-22(9-14)8-12-2-3-13(17)7-15(12)18/h2-3,6-7,10,14H,4-5,8-9H2,1H3,(H,19,20,21). The summed E-state index contributed by atoms with van der Waals surface area (Å²) in [6, 6.07) is 7.52. The molecule has 1 aromatic carbocycles. The number of nitrogens with zero attached hydrogens (tertiary/aromatic N) is 3. The molecule has 0 spiro atoms. The predicted octanol–water partition coefficient (Wildman–Crippen LogP) is 3.37. The average Bonchev–Trinajstić information content (AvgIpc) is 2.89. The van der Waals surface area contributed by atoms with Crippen molar-refractivity contribution < 1.29 is 4.39 Å². The van der Waals surface area contributed by atoms with Crippen molar-refractivity contribution in [3.8, 4) is 0 Å². The van der Waals surface area contributed by atoms with Crippen LogP contribution < -0.4 is 5.32 Å². The first-order valence-corrected chi connectivity index (χ1v) is 8.11. The summed E-state index contributed by atoms with van der Waals surface area (Å²) in [5, 5.41) is 3.43. The van der Waals surface area contributed by atoms with E-state index in [1.54, 1.807) is 6.33 Å². The first-order valence-electron chi connectivity index (χ1n) is 7.31. The van der Waals surface area contributed by atoms with Gasteiger partial charge in [-0.2, -0.15) is 0 Å². The molecule has 6 heteroatoms. The van der Waals surface area contributed by atoms with E-state index in [4.69, 9.17) is 0 Å². The van der Waals surface area contributed by atoms with E-state index >= 15 is 0 Å². The molecular formula is C16H18BrFN4. The van der Waals surface area contributed by atoms with Gasteiger partial charge in [0.1, 0.15) is 18.0 Å². The first kappa shape index (κ1) is 15.4. The maximum atomic E-state index is 13.9. The van der Waals surface area contributed by atoms with Crippen LogP contribution in [0.1, 0.15) is 17.7 Å². The van der Waals surface area contributed by atoms with Crippen molar-refractivity contribution in [1.82, 2.24) is 14.9 Å². The van der Waals surface area contributed by atoms with Gasteiger partial charge in [0, 0.05) is 47.5 Å². The maximum absolute atomic E-state index is 13.9. The number of benzene rings is 1. The summed E-state index contributed by atoms with van der Waals surface area (Å²) < 4.78 is 14.7. The van der Waals surface area contributed by atoms with Crippen LogP contribution in [-0.4, -0.2) is 34.0 Å². The van der Waals surface area contributed by atoms with Gasteiger partial charge < -0.3 is 5.32 Å². The quantitative estimate of drug-likeness (QED) is 0.902. The molecule has 3 rings (SSSR count). The Hall–Kier alpha value is -1.53.